The summed E-state index contributed by atoms with van der Waals surface area (Å²) in [5.41, 5.74) is 1.97. The van der Waals surface area contributed by atoms with Crippen molar-refractivity contribution in [2.24, 2.45) is 0 Å². The van der Waals surface area contributed by atoms with Crippen LogP contribution in [0, 0.1) is 0 Å². The Morgan fingerprint density at radius 2 is 1.96 bits per heavy atom. The fourth-order valence-electron chi connectivity index (χ4n) is 4.59. The number of carbonyl (C=O) groups excluding carboxylic acids is 1. The van der Waals surface area contributed by atoms with E-state index in [2.05, 4.69) is 24.8 Å². The number of nitrogens with zero attached hydrogens (tertiary/aromatic N) is 1. The van der Waals surface area contributed by atoms with Crippen LogP contribution in [0.5, 0.6) is 5.75 Å². The van der Waals surface area contributed by atoms with Crippen molar-refractivity contribution in [1.82, 2.24) is 4.90 Å². The molecule has 2 aromatic rings. The molecule has 3 rings (SSSR count). The maximum absolute atomic E-state index is 12.7. The van der Waals surface area contributed by atoms with E-state index < -0.39 is 0 Å². The van der Waals surface area contributed by atoms with Crippen molar-refractivity contribution in [2.75, 3.05) is 13.1 Å². The molecule has 1 fully saturated rings. The van der Waals surface area contributed by atoms with Crippen molar-refractivity contribution >= 4 is 5.78 Å². The molecular weight excluding hydrogens is 322 g/mol. The first-order chi connectivity index (χ1) is 12.6. The number of phenols is 1. The van der Waals surface area contributed by atoms with Gasteiger partial charge in [0.25, 0.3) is 0 Å². The Morgan fingerprint density at radius 3 is 2.65 bits per heavy atom. The largest absolute Gasteiger partial charge is 0.508 e. The number of benzene rings is 2. The lowest BCUT2D eigenvalue weighted by Crippen LogP contribution is -2.54. The molecule has 0 spiro atoms. The van der Waals surface area contributed by atoms with Crippen LogP contribution in [0.3, 0.4) is 0 Å². The summed E-state index contributed by atoms with van der Waals surface area (Å²) < 4.78 is 0. The zero-order valence-electron chi connectivity index (χ0n) is 15.8. The number of piperidine rings is 1. The number of ketones is 1. The van der Waals surface area contributed by atoms with Crippen molar-refractivity contribution in [3.05, 3.63) is 65.7 Å². The Kier molecular flexibility index (Phi) is 5.77. The zero-order valence-corrected chi connectivity index (χ0v) is 15.8. The minimum absolute atomic E-state index is 0.0112. The molecule has 2 aromatic carbocycles. The zero-order chi connectivity index (χ0) is 18.6. The topological polar surface area (TPSA) is 40.5 Å². The quantitative estimate of drug-likeness (QED) is 0.760. The summed E-state index contributed by atoms with van der Waals surface area (Å²) >= 11 is 0. The summed E-state index contributed by atoms with van der Waals surface area (Å²) in [5, 5.41) is 10.0. The van der Waals surface area contributed by atoms with E-state index in [4.69, 9.17) is 0 Å². The molecule has 0 radical (unpaired) electrons. The number of carbonyl (C=O) groups is 1. The highest BCUT2D eigenvalue weighted by Gasteiger charge is 2.43. The van der Waals surface area contributed by atoms with E-state index in [0.29, 0.717) is 12.3 Å². The summed E-state index contributed by atoms with van der Waals surface area (Å²) in [5.74, 6) is 0.503. The van der Waals surface area contributed by atoms with Crippen molar-refractivity contribution in [3.63, 3.8) is 0 Å². The minimum atomic E-state index is -0.0112. The second kappa shape index (κ2) is 8.05. The third-order valence-corrected chi connectivity index (χ3v) is 5.98. The molecule has 0 saturated carbocycles. The van der Waals surface area contributed by atoms with E-state index in [1.807, 2.05) is 42.5 Å². The standard InChI is InChI=1S/C23H29NO2/c1-3-13-23(20-11-7-12-21(25)16-20)14-8-15-24(18(23)2)17-22(26)19-9-5-4-6-10-19/h4-7,9-12,16,18,25H,3,8,13-15,17H2,1-2H3. The molecule has 1 aliphatic rings. The first kappa shape index (κ1) is 18.7. The number of likely N-dealkylation sites (tertiary alicyclic amines) is 1. The van der Waals surface area contributed by atoms with E-state index in [1.165, 1.54) is 5.56 Å². The molecule has 1 saturated heterocycles. The van der Waals surface area contributed by atoms with E-state index in [1.54, 1.807) is 6.07 Å². The Bertz CT molecular complexity index is 739. The van der Waals surface area contributed by atoms with Gasteiger partial charge < -0.3 is 5.11 Å². The van der Waals surface area contributed by atoms with Crippen molar-refractivity contribution in [3.8, 4) is 5.75 Å². The molecule has 2 atom stereocenters. The predicted molar refractivity (Wildman–Crippen MR) is 106 cm³/mol. The van der Waals surface area contributed by atoms with E-state index in [-0.39, 0.29) is 17.2 Å². The molecule has 3 heteroatoms. The van der Waals surface area contributed by atoms with Gasteiger partial charge >= 0.3 is 0 Å². The van der Waals surface area contributed by atoms with Crippen LogP contribution in [0.15, 0.2) is 54.6 Å². The van der Waals surface area contributed by atoms with Gasteiger partial charge in [0, 0.05) is 17.0 Å². The van der Waals surface area contributed by atoms with Crippen LogP contribution in [-0.4, -0.2) is 34.9 Å². The molecule has 0 amide bonds. The SMILES string of the molecule is CCCC1(c2cccc(O)c2)CCCN(CC(=O)c2ccccc2)C1C. The first-order valence-corrected chi connectivity index (χ1v) is 9.68. The molecule has 3 nitrogen and oxygen atoms in total. The molecule has 26 heavy (non-hydrogen) atoms. The lowest BCUT2D eigenvalue weighted by atomic mass is 9.66. The average molecular weight is 351 g/mol. The van der Waals surface area contributed by atoms with Crippen LogP contribution in [0.2, 0.25) is 0 Å². The highest BCUT2D eigenvalue weighted by Crippen LogP contribution is 2.43. The summed E-state index contributed by atoms with van der Waals surface area (Å²) in [6.07, 6.45) is 4.32. The Morgan fingerprint density at radius 1 is 1.19 bits per heavy atom. The predicted octanol–water partition coefficient (Wildman–Crippen LogP) is 4.80. The fourth-order valence-corrected chi connectivity index (χ4v) is 4.59. The highest BCUT2D eigenvalue weighted by molar-refractivity contribution is 5.97. The monoisotopic (exact) mass is 351 g/mol. The molecule has 1 aliphatic heterocycles. The van der Waals surface area contributed by atoms with Crippen LogP contribution in [0.1, 0.15) is 55.5 Å². The third kappa shape index (κ3) is 3.68. The van der Waals surface area contributed by atoms with Gasteiger partial charge in [-0.3, -0.25) is 9.69 Å². The molecule has 0 aromatic heterocycles. The van der Waals surface area contributed by atoms with Gasteiger partial charge in [-0.2, -0.15) is 0 Å². The Balaban J connectivity index is 1.86. The summed E-state index contributed by atoms with van der Waals surface area (Å²) in [4.78, 5) is 15.1. The lowest BCUT2D eigenvalue weighted by molar-refractivity contribution is 0.0601. The molecule has 0 bridgehead atoms. The van der Waals surface area contributed by atoms with Gasteiger partial charge in [-0.15, -0.1) is 0 Å². The van der Waals surface area contributed by atoms with Gasteiger partial charge in [0.2, 0.25) is 0 Å². The molecule has 2 unspecified atom stereocenters. The van der Waals surface area contributed by atoms with Crippen LogP contribution < -0.4 is 0 Å². The summed E-state index contributed by atoms with van der Waals surface area (Å²) in [6, 6.07) is 17.5. The van der Waals surface area contributed by atoms with Crippen LogP contribution in [0.4, 0.5) is 0 Å². The molecule has 1 N–H and O–H groups in total. The summed E-state index contributed by atoms with van der Waals surface area (Å²) in [7, 11) is 0. The number of hydrogen-bond donors (Lipinski definition) is 1. The van der Waals surface area contributed by atoms with Crippen molar-refractivity contribution in [1.29, 1.82) is 0 Å². The average Bonchev–Trinajstić information content (AvgIpc) is 2.66. The normalized spacial score (nSPS) is 23.7. The maximum atomic E-state index is 12.7. The maximum Gasteiger partial charge on any atom is 0.176 e. The number of phenolic OH excluding ortho intramolecular Hbond substituents is 1. The smallest absolute Gasteiger partial charge is 0.176 e. The van der Waals surface area contributed by atoms with Gasteiger partial charge in [-0.1, -0.05) is 55.8 Å². The second-order valence-electron chi connectivity index (χ2n) is 7.50. The number of Topliss-reactive ketones (excluding diaryl/α,β-unsaturated/α-hetero) is 1. The van der Waals surface area contributed by atoms with E-state index in [9.17, 15) is 9.90 Å². The van der Waals surface area contributed by atoms with Crippen molar-refractivity contribution in [2.45, 2.75) is 51.0 Å². The van der Waals surface area contributed by atoms with E-state index >= 15 is 0 Å². The van der Waals surface area contributed by atoms with Crippen LogP contribution in [-0.2, 0) is 5.41 Å². The minimum Gasteiger partial charge on any atom is -0.508 e. The van der Waals surface area contributed by atoms with Gasteiger partial charge in [0.05, 0.1) is 6.54 Å². The van der Waals surface area contributed by atoms with Crippen LogP contribution >= 0.6 is 0 Å². The Hall–Kier alpha value is -2.13. The van der Waals surface area contributed by atoms with E-state index in [0.717, 1.165) is 37.8 Å². The summed E-state index contributed by atoms with van der Waals surface area (Å²) in [6.45, 7) is 5.86. The molecule has 1 heterocycles. The molecular formula is C23H29NO2. The number of aromatic hydroxyl groups is 1. The first-order valence-electron chi connectivity index (χ1n) is 9.68. The number of rotatable bonds is 6. The Labute approximate surface area is 156 Å². The van der Waals surface area contributed by atoms with Crippen molar-refractivity contribution < 1.29 is 9.90 Å². The molecule has 138 valence electrons. The fraction of sp³-hybridized carbons (Fsp3) is 0.435. The highest BCUT2D eigenvalue weighted by atomic mass is 16.3. The second-order valence-corrected chi connectivity index (χ2v) is 7.50. The van der Waals surface area contributed by atoms with Gasteiger partial charge in [0.15, 0.2) is 5.78 Å². The number of hydrogen-bond acceptors (Lipinski definition) is 3. The van der Waals surface area contributed by atoms with Gasteiger partial charge in [0.1, 0.15) is 5.75 Å². The third-order valence-electron chi connectivity index (χ3n) is 5.98. The van der Waals surface area contributed by atoms with Crippen LogP contribution in [0.25, 0.3) is 0 Å². The van der Waals surface area contributed by atoms with Gasteiger partial charge in [-0.05, 0) is 50.4 Å². The van der Waals surface area contributed by atoms with Gasteiger partial charge in [-0.25, -0.2) is 0 Å². The lowest BCUT2D eigenvalue weighted by Gasteiger charge is -2.49. The molecule has 0 aliphatic carbocycles.